The minimum Gasteiger partial charge on any atom is -0.378 e. The van der Waals surface area contributed by atoms with Crippen LogP contribution in [-0.4, -0.2) is 50.0 Å². The zero-order valence-electron chi connectivity index (χ0n) is 11.2. The van der Waals surface area contributed by atoms with Crippen molar-refractivity contribution in [2.75, 3.05) is 26.2 Å². The van der Waals surface area contributed by atoms with Crippen LogP contribution in [0.2, 0.25) is 0 Å². The van der Waals surface area contributed by atoms with E-state index in [9.17, 15) is 8.78 Å². The first-order chi connectivity index (χ1) is 8.49. The summed E-state index contributed by atoms with van der Waals surface area (Å²) in [5.41, 5.74) is 0.282. The first-order valence-corrected chi connectivity index (χ1v) is 6.77. The summed E-state index contributed by atoms with van der Waals surface area (Å²) in [5.74, 6) is 0. The molecule has 1 atom stereocenters. The molecule has 106 valence electrons. The lowest BCUT2D eigenvalue weighted by atomic mass is 10.1. The molecule has 0 bridgehead atoms. The molecule has 1 saturated carbocycles. The van der Waals surface area contributed by atoms with Gasteiger partial charge in [-0.15, -0.1) is 0 Å². The Bertz CT molecular complexity index is 270. The van der Waals surface area contributed by atoms with Crippen LogP contribution in [0.5, 0.6) is 0 Å². The van der Waals surface area contributed by atoms with E-state index in [4.69, 9.17) is 4.74 Å². The highest BCUT2D eigenvalue weighted by Gasteiger charge is 2.45. The quantitative estimate of drug-likeness (QED) is 0.704. The molecule has 0 aromatic heterocycles. The fraction of sp³-hybridized carbons (Fsp3) is 1.00. The number of ether oxygens (including phenoxy) is 2. The van der Waals surface area contributed by atoms with Crippen molar-refractivity contribution in [2.45, 2.75) is 51.9 Å². The third-order valence-corrected chi connectivity index (χ3v) is 3.76. The number of halogens is 2. The molecule has 3 nitrogen and oxygen atoms in total. The van der Waals surface area contributed by atoms with Gasteiger partial charge in [0.15, 0.2) is 0 Å². The van der Waals surface area contributed by atoms with Gasteiger partial charge in [0.1, 0.15) is 0 Å². The Balaban J connectivity index is 1.71. The Morgan fingerprint density at radius 1 is 1.33 bits per heavy atom. The van der Waals surface area contributed by atoms with Crippen LogP contribution in [0.4, 0.5) is 8.78 Å². The van der Waals surface area contributed by atoms with Gasteiger partial charge in [-0.05, 0) is 33.1 Å². The average Bonchev–Trinajstić information content (AvgIpc) is 2.90. The Morgan fingerprint density at radius 2 is 2.06 bits per heavy atom. The van der Waals surface area contributed by atoms with Gasteiger partial charge in [-0.1, -0.05) is 0 Å². The first kappa shape index (κ1) is 14.2. The number of likely N-dealkylation sites (tertiary alicyclic amines) is 1. The molecule has 0 unspecified atom stereocenters. The van der Waals surface area contributed by atoms with Crippen LogP contribution >= 0.6 is 0 Å². The summed E-state index contributed by atoms with van der Waals surface area (Å²) in [6.07, 6.45) is 3.06. The fourth-order valence-electron chi connectivity index (χ4n) is 2.54. The molecule has 1 saturated heterocycles. The molecular formula is C13H23F2NO2. The van der Waals surface area contributed by atoms with Gasteiger partial charge in [-0.2, -0.15) is 8.78 Å². The summed E-state index contributed by atoms with van der Waals surface area (Å²) in [4.78, 5) is 2.24. The smallest absolute Gasteiger partial charge is 0.345 e. The van der Waals surface area contributed by atoms with Gasteiger partial charge in [0.2, 0.25) is 0 Å². The molecule has 18 heavy (non-hydrogen) atoms. The Kier molecular flexibility index (Phi) is 4.56. The van der Waals surface area contributed by atoms with Crippen molar-refractivity contribution in [3.05, 3.63) is 0 Å². The molecule has 0 radical (unpaired) electrons. The monoisotopic (exact) mass is 263 g/mol. The number of nitrogens with zero attached hydrogens (tertiary/aromatic N) is 1. The highest BCUT2D eigenvalue weighted by Crippen LogP contribution is 2.47. The van der Waals surface area contributed by atoms with Crippen LogP contribution in [0.1, 0.15) is 33.1 Å². The van der Waals surface area contributed by atoms with E-state index in [1.54, 1.807) is 0 Å². The lowest BCUT2D eigenvalue weighted by Crippen LogP contribution is -2.33. The average molecular weight is 263 g/mol. The molecule has 5 heteroatoms. The fourth-order valence-corrected chi connectivity index (χ4v) is 2.54. The standard InChI is InChI=1S/C13H23F2NO2/c1-10(2)17-9-13(4-5-13)8-16-6-3-11(7-16)18-12(14)15/h10-12H,3-9H2,1-2H3/t11-/m1/s1. The maximum Gasteiger partial charge on any atom is 0.345 e. The van der Waals surface area contributed by atoms with Crippen molar-refractivity contribution in [1.29, 1.82) is 0 Å². The minimum atomic E-state index is -2.64. The number of hydrogen-bond donors (Lipinski definition) is 0. The zero-order chi connectivity index (χ0) is 13.2. The molecule has 1 heterocycles. The van der Waals surface area contributed by atoms with Crippen molar-refractivity contribution in [1.82, 2.24) is 4.90 Å². The predicted molar refractivity (Wildman–Crippen MR) is 64.7 cm³/mol. The van der Waals surface area contributed by atoms with Crippen LogP contribution in [-0.2, 0) is 9.47 Å². The highest BCUT2D eigenvalue weighted by atomic mass is 19.3. The summed E-state index contributed by atoms with van der Waals surface area (Å²) in [5, 5.41) is 0. The van der Waals surface area contributed by atoms with Crippen molar-refractivity contribution in [2.24, 2.45) is 5.41 Å². The Labute approximate surface area is 107 Å². The van der Waals surface area contributed by atoms with Gasteiger partial charge < -0.3 is 14.4 Å². The lowest BCUT2D eigenvalue weighted by molar-refractivity contribution is -0.158. The molecule has 2 fully saturated rings. The molecule has 0 spiro atoms. The molecule has 0 aromatic carbocycles. The van der Waals surface area contributed by atoms with Crippen molar-refractivity contribution in [3.63, 3.8) is 0 Å². The maximum atomic E-state index is 12.1. The second kappa shape index (κ2) is 5.80. The van der Waals surface area contributed by atoms with Crippen LogP contribution in [0.15, 0.2) is 0 Å². The largest absolute Gasteiger partial charge is 0.378 e. The summed E-state index contributed by atoms with van der Waals surface area (Å²) < 4.78 is 34.5. The molecule has 1 aliphatic carbocycles. The van der Waals surface area contributed by atoms with E-state index in [-0.39, 0.29) is 17.6 Å². The van der Waals surface area contributed by atoms with Crippen LogP contribution < -0.4 is 0 Å². The third kappa shape index (κ3) is 4.14. The van der Waals surface area contributed by atoms with Gasteiger partial charge in [-0.25, -0.2) is 0 Å². The van der Waals surface area contributed by atoms with Gasteiger partial charge in [0, 0.05) is 25.0 Å². The topological polar surface area (TPSA) is 21.7 Å². The van der Waals surface area contributed by atoms with Gasteiger partial charge >= 0.3 is 6.61 Å². The van der Waals surface area contributed by atoms with E-state index in [0.29, 0.717) is 13.0 Å². The molecule has 0 amide bonds. The summed E-state index contributed by atoms with van der Waals surface area (Å²) in [6, 6.07) is 0. The van der Waals surface area contributed by atoms with E-state index < -0.39 is 6.61 Å². The second-order valence-corrected chi connectivity index (χ2v) is 5.90. The van der Waals surface area contributed by atoms with Gasteiger partial charge in [0.05, 0.1) is 18.8 Å². The molecule has 0 N–H and O–H groups in total. The minimum absolute atomic E-state index is 0.260. The molecular weight excluding hydrogens is 240 g/mol. The SMILES string of the molecule is CC(C)OCC1(CN2CC[C@@H](OC(F)F)C2)CC1. The number of hydrogen-bond acceptors (Lipinski definition) is 3. The van der Waals surface area contributed by atoms with Crippen molar-refractivity contribution < 1.29 is 18.3 Å². The van der Waals surface area contributed by atoms with E-state index in [2.05, 4.69) is 9.64 Å². The van der Waals surface area contributed by atoms with Crippen LogP contribution in [0, 0.1) is 5.41 Å². The third-order valence-electron chi connectivity index (χ3n) is 3.76. The van der Waals surface area contributed by atoms with Gasteiger partial charge in [-0.3, -0.25) is 0 Å². The Morgan fingerprint density at radius 3 is 2.61 bits per heavy atom. The van der Waals surface area contributed by atoms with E-state index in [0.717, 1.165) is 19.7 Å². The number of alkyl halides is 2. The number of rotatable bonds is 7. The van der Waals surface area contributed by atoms with E-state index in [1.165, 1.54) is 12.8 Å². The Hall–Kier alpha value is -0.260. The summed E-state index contributed by atoms with van der Waals surface area (Å²) in [7, 11) is 0. The highest BCUT2D eigenvalue weighted by molar-refractivity contribution is 4.97. The van der Waals surface area contributed by atoms with Crippen LogP contribution in [0.25, 0.3) is 0 Å². The molecule has 0 aromatic rings. The van der Waals surface area contributed by atoms with Crippen LogP contribution in [0.3, 0.4) is 0 Å². The van der Waals surface area contributed by atoms with E-state index in [1.807, 2.05) is 13.8 Å². The molecule has 2 aliphatic rings. The van der Waals surface area contributed by atoms with Crippen molar-refractivity contribution >= 4 is 0 Å². The summed E-state index contributed by atoms with van der Waals surface area (Å²) >= 11 is 0. The molecule has 1 aliphatic heterocycles. The lowest BCUT2D eigenvalue weighted by Gasteiger charge is -2.24. The zero-order valence-corrected chi connectivity index (χ0v) is 11.2. The van der Waals surface area contributed by atoms with E-state index >= 15 is 0 Å². The first-order valence-electron chi connectivity index (χ1n) is 6.77. The predicted octanol–water partition coefficient (Wildman–Crippen LogP) is 2.51. The van der Waals surface area contributed by atoms with Crippen molar-refractivity contribution in [3.8, 4) is 0 Å². The summed E-state index contributed by atoms with van der Waals surface area (Å²) in [6.45, 7) is 4.68. The second-order valence-electron chi connectivity index (χ2n) is 5.90. The van der Waals surface area contributed by atoms with Gasteiger partial charge in [0.25, 0.3) is 0 Å². The maximum absolute atomic E-state index is 12.1. The normalized spacial score (nSPS) is 27.3. The molecule has 2 rings (SSSR count).